The first kappa shape index (κ1) is 15.9. The van der Waals surface area contributed by atoms with Crippen LogP contribution in [0.5, 0.6) is 0 Å². The number of H-pyrrole nitrogens is 1. The fraction of sp³-hybridized carbons (Fsp3) is 0.400. The number of fused-ring (bicyclic) bond motifs is 1. The number of rotatable bonds is 2. The third kappa shape index (κ3) is 3.04. The van der Waals surface area contributed by atoms with Crippen LogP contribution in [0.2, 0.25) is 0 Å². The molecule has 0 aromatic carbocycles. The first-order valence-electron chi connectivity index (χ1n) is 6.71. The number of aromatic nitrogens is 2. The van der Waals surface area contributed by atoms with Crippen molar-refractivity contribution in [2.75, 3.05) is 6.61 Å². The number of nitrogens with zero attached hydrogens (tertiary/aromatic N) is 1. The molecule has 0 saturated carbocycles. The van der Waals surface area contributed by atoms with E-state index in [9.17, 15) is 9.59 Å². The lowest BCUT2D eigenvalue weighted by Gasteiger charge is -2.05. The smallest absolute Gasteiger partial charge is 0.343 e. The molecular formula is C15H20N2O3. The van der Waals surface area contributed by atoms with E-state index in [-0.39, 0.29) is 17.6 Å². The van der Waals surface area contributed by atoms with Gasteiger partial charge in [0, 0.05) is 11.9 Å². The van der Waals surface area contributed by atoms with Crippen molar-refractivity contribution >= 4 is 17.0 Å². The number of carbonyl (C=O) groups is 1. The van der Waals surface area contributed by atoms with Gasteiger partial charge in [0.15, 0.2) is 0 Å². The standard InChI is InChI=1S/C13H14N2O3.C2H6/c1-4-18-13(17)10-6-14-12-9(11(10)16)5-7(2)8(3)15-12;1-2/h5-6H,4H2,1-3H3,(H,14,15,16);1-2H3. The third-order valence-electron chi connectivity index (χ3n) is 2.80. The first-order chi connectivity index (χ1) is 9.54. The number of ether oxygens (including phenoxy) is 1. The van der Waals surface area contributed by atoms with Gasteiger partial charge in [0.2, 0.25) is 5.43 Å². The Bertz CT molecular complexity index is 675. The molecule has 0 spiro atoms. The van der Waals surface area contributed by atoms with E-state index in [2.05, 4.69) is 9.97 Å². The van der Waals surface area contributed by atoms with Crippen molar-refractivity contribution in [3.63, 3.8) is 0 Å². The van der Waals surface area contributed by atoms with Crippen LogP contribution < -0.4 is 5.43 Å². The maximum absolute atomic E-state index is 12.1. The van der Waals surface area contributed by atoms with Gasteiger partial charge >= 0.3 is 5.97 Å². The van der Waals surface area contributed by atoms with E-state index < -0.39 is 5.97 Å². The van der Waals surface area contributed by atoms with E-state index in [4.69, 9.17) is 4.74 Å². The predicted octanol–water partition coefficient (Wildman–Crippen LogP) is 2.74. The zero-order chi connectivity index (χ0) is 15.3. The molecule has 0 fully saturated rings. The summed E-state index contributed by atoms with van der Waals surface area (Å²) in [5.74, 6) is -0.612. The number of aromatic amines is 1. The molecule has 1 N–H and O–H groups in total. The van der Waals surface area contributed by atoms with Gasteiger partial charge < -0.3 is 9.72 Å². The molecule has 0 unspecified atom stereocenters. The summed E-state index contributed by atoms with van der Waals surface area (Å²) >= 11 is 0. The number of hydrogen-bond donors (Lipinski definition) is 1. The summed E-state index contributed by atoms with van der Waals surface area (Å²) in [5.41, 5.74) is 1.90. The van der Waals surface area contributed by atoms with Crippen LogP contribution in [0.25, 0.3) is 11.0 Å². The fourth-order valence-corrected chi connectivity index (χ4v) is 1.70. The summed E-state index contributed by atoms with van der Waals surface area (Å²) < 4.78 is 4.83. The number of aryl methyl sites for hydroxylation is 2. The van der Waals surface area contributed by atoms with Gasteiger partial charge in [-0.1, -0.05) is 13.8 Å². The minimum atomic E-state index is -0.612. The van der Waals surface area contributed by atoms with Crippen LogP contribution in [0.4, 0.5) is 0 Å². The van der Waals surface area contributed by atoms with Crippen LogP contribution in [-0.4, -0.2) is 22.5 Å². The molecule has 0 atom stereocenters. The van der Waals surface area contributed by atoms with Crippen molar-refractivity contribution in [2.24, 2.45) is 0 Å². The average molecular weight is 276 g/mol. The fourth-order valence-electron chi connectivity index (χ4n) is 1.70. The normalized spacial score (nSPS) is 9.85. The molecule has 0 aliphatic heterocycles. The van der Waals surface area contributed by atoms with E-state index in [1.807, 2.05) is 27.7 Å². The van der Waals surface area contributed by atoms with Gasteiger partial charge in [0.05, 0.1) is 12.0 Å². The van der Waals surface area contributed by atoms with Crippen molar-refractivity contribution < 1.29 is 9.53 Å². The molecule has 20 heavy (non-hydrogen) atoms. The molecule has 2 rings (SSSR count). The molecule has 0 aliphatic rings. The van der Waals surface area contributed by atoms with Crippen molar-refractivity contribution in [3.05, 3.63) is 39.3 Å². The van der Waals surface area contributed by atoms with E-state index in [0.717, 1.165) is 11.3 Å². The highest BCUT2D eigenvalue weighted by Gasteiger charge is 2.14. The van der Waals surface area contributed by atoms with Crippen molar-refractivity contribution in [1.29, 1.82) is 0 Å². The molecule has 0 amide bonds. The van der Waals surface area contributed by atoms with E-state index >= 15 is 0 Å². The largest absolute Gasteiger partial charge is 0.462 e. The lowest BCUT2D eigenvalue weighted by Crippen LogP contribution is -2.18. The summed E-state index contributed by atoms with van der Waals surface area (Å²) in [6.07, 6.45) is 1.35. The van der Waals surface area contributed by atoms with Crippen molar-refractivity contribution in [3.8, 4) is 0 Å². The minimum Gasteiger partial charge on any atom is -0.462 e. The number of esters is 1. The third-order valence-corrected chi connectivity index (χ3v) is 2.80. The number of pyridine rings is 2. The Morgan fingerprint density at radius 3 is 2.60 bits per heavy atom. The van der Waals surface area contributed by atoms with Crippen LogP contribution in [0.3, 0.4) is 0 Å². The van der Waals surface area contributed by atoms with Crippen LogP contribution in [0.15, 0.2) is 17.1 Å². The van der Waals surface area contributed by atoms with Gasteiger partial charge in [-0.25, -0.2) is 9.78 Å². The van der Waals surface area contributed by atoms with Crippen molar-refractivity contribution in [2.45, 2.75) is 34.6 Å². The van der Waals surface area contributed by atoms with Crippen molar-refractivity contribution in [1.82, 2.24) is 9.97 Å². The molecule has 5 nitrogen and oxygen atoms in total. The van der Waals surface area contributed by atoms with Gasteiger partial charge in [0.1, 0.15) is 11.2 Å². The van der Waals surface area contributed by atoms with Crippen LogP contribution in [0.1, 0.15) is 42.4 Å². The Morgan fingerprint density at radius 2 is 2.00 bits per heavy atom. The molecule has 2 heterocycles. The molecule has 0 saturated heterocycles. The SMILES string of the molecule is CC.CCOC(=O)c1c[nH]c2nc(C)c(C)cc2c1=O. The number of carbonyl (C=O) groups excluding carboxylic acids is 1. The number of hydrogen-bond acceptors (Lipinski definition) is 4. The highest BCUT2D eigenvalue weighted by atomic mass is 16.5. The second-order valence-corrected chi connectivity index (χ2v) is 4.04. The maximum Gasteiger partial charge on any atom is 0.343 e. The zero-order valence-electron chi connectivity index (χ0n) is 12.5. The van der Waals surface area contributed by atoms with Gasteiger partial charge in [0.25, 0.3) is 0 Å². The lowest BCUT2D eigenvalue weighted by molar-refractivity contribution is 0.0524. The molecule has 5 heteroatoms. The molecule has 2 aromatic rings. The summed E-state index contributed by atoms with van der Waals surface area (Å²) in [6, 6.07) is 1.74. The van der Waals surface area contributed by atoms with Gasteiger partial charge in [-0.3, -0.25) is 4.79 Å². The molecule has 0 radical (unpaired) electrons. The number of nitrogens with one attached hydrogen (secondary N) is 1. The maximum atomic E-state index is 12.1. The summed E-state index contributed by atoms with van der Waals surface area (Å²) in [6.45, 7) is 9.67. The van der Waals surface area contributed by atoms with E-state index in [0.29, 0.717) is 11.0 Å². The highest BCUT2D eigenvalue weighted by Crippen LogP contribution is 2.11. The molecule has 0 aliphatic carbocycles. The Labute approximate surface area is 118 Å². The Kier molecular flexibility index (Phi) is 5.43. The molecular weight excluding hydrogens is 256 g/mol. The summed E-state index contributed by atoms with van der Waals surface area (Å²) in [4.78, 5) is 30.9. The van der Waals surface area contributed by atoms with Crippen LogP contribution in [0, 0.1) is 13.8 Å². The summed E-state index contributed by atoms with van der Waals surface area (Å²) in [5, 5.41) is 0.406. The van der Waals surface area contributed by atoms with E-state index in [1.54, 1.807) is 13.0 Å². The lowest BCUT2D eigenvalue weighted by atomic mass is 10.1. The predicted molar refractivity (Wildman–Crippen MR) is 79.1 cm³/mol. The second kappa shape index (κ2) is 6.84. The second-order valence-electron chi connectivity index (χ2n) is 4.04. The molecule has 0 bridgehead atoms. The van der Waals surface area contributed by atoms with Gasteiger partial charge in [-0.15, -0.1) is 0 Å². The van der Waals surface area contributed by atoms with Gasteiger partial charge in [-0.05, 0) is 32.4 Å². The average Bonchev–Trinajstić information content (AvgIpc) is 2.44. The van der Waals surface area contributed by atoms with Gasteiger partial charge in [-0.2, -0.15) is 0 Å². The Balaban J connectivity index is 0.000000956. The quantitative estimate of drug-likeness (QED) is 0.856. The minimum absolute atomic E-state index is 0.00871. The van der Waals surface area contributed by atoms with Crippen LogP contribution in [-0.2, 0) is 4.74 Å². The summed E-state index contributed by atoms with van der Waals surface area (Å²) in [7, 11) is 0. The Hall–Kier alpha value is -2.17. The molecule has 108 valence electrons. The zero-order valence-corrected chi connectivity index (χ0v) is 12.5. The monoisotopic (exact) mass is 276 g/mol. The first-order valence-corrected chi connectivity index (χ1v) is 6.71. The highest BCUT2D eigenvalue weighted by molar-refractivity contribution is 5.92. The molecule has 2 aromatic heterocycles. The topological polar surface area (TPSA) is 72.1 Å². The van der Waals surface area contributed by atoms with E-state index in [1.165, 1.54) is 6.20 Å². The van der Waals surface area contributed by atoms with Crippen LogP contribution >= 0.6 is 0 Å². The Morgan fingerprint density at radius 1 is 1.35 bits per heavy atom.